The summed E-state index contributed by atoms with van der Waals surface area (Å²) < 4.78 is 15.5. The number of carbonyl (C=O) groups excluding carboxylic acids is 1. The van der Waals surface area contributed by atoms with Crippen molar-refractivity contribution in [2.45, 2.75) is 20.3 Å². The van der Waals surface area contributed by atoms with Gasteiger partial charge >= 0.3 is 0 Å². The SMILES string of the molecule is Cc1cc(CC(=O)Nc2ccccc2F)c(C)n1C. The van der Waals surface area contributed by atoms with Crippen molar-refractivity contribution < 1.29 is 9.18 Å². The van der Waals surface area contributed by atoms with Crippen LogP contribution >= 0.6 is 0 Å². The van der Waals surface area contributed by atoms with Crippen LogP contribution in [0.4, 0.5) is 10.1 Å². The number of hydrogen-bond acceptors (Lipinski definition) is 1. The Labute approximate surface area is 112 Å². The number of amides is 1. The first-order chi connectivity index (χ1) is 8.99. The van der Waals surface area contributed by atoms with Crippen LogP contribution < -0.4 is 5.32 Å². The molecule has 0 aliphatic rings. The lowest BCUT2D eigenvalue weighted by Gasteiger charge is -2.06. The number of benzene rings is 1. The average Bonchev–Trinajstić information content (AvgIpc) is 2.60. The van der Waals surface area contributed by atoms with E-state index in [0.717, 1.165) is 17.0 Å². The maximum absolute atomic E-state index is 13.4. The van der Waals surface area contributed by atoms with Gasteiger partial charge in [0.2, 0.25) is 5.91 Å². The van der Waals surface area contributed by atoms with Crippen molar-refractivity contribution in [3.8, 4) is 0 Å². The van der Waals surface area contributed by atoms with Gasteiger partial charge in [-0.05, 0) is 37.6 Å². The third-order valence-electron chi connectivity index (χ3n) is 3.38. The summed E-state index contributed by atoms with van der Waals surface area (Å²) in [5.74, 6) is -0.629. The molecule has 0 saturated heterocycles. The number of hydrogen-bond donors (Lipinski definition) is 1. The summed E-state index contributed by atoms with van der Waals surface area (Å²) in [7, 11) is 1.96. The van der Waals surface area contributed by atoms with Gasteiger partial charge in [-0.25, -0.2) is 4.39 Å². The molecule has 2 rings (SSSR count). The van der Waals surface area contributed by atoms with E-state index in [1.165, 1.54) is 6.07 Å². The molecule has 1 aromatic carbocycles. The molecule has 0 bridgehead atoms. The molecule has 1 heterocycles. The van der Waals surface area contributed by atoms with Crippen molar-refractivity contribution in [2.24, 2.45) is 7.05 Å². The molecule has 0 saturated carbocycles. The molecule has 1 N–H and O–H groups in total. The number of anilines is 1. The molecule has 0 aliphatic carbocycles. The van der Waals surface area contributed by atoms with Crippen molar-refractivity contribution in [2.75, 3.05) is 5.32 Å². The van der Waals surface area contributed by atoms with Crippen molar-refractivity contribution in [3.63, 3.8) is 0 Å². The van der Waals surface area contributed by atoms with E-state index in [1.807, 2.05) is 31.5 Å². The van der Waals surface area contributed by atoms with Crippen LogP contribution in [0.3, 0.4) is 0 Å². The average molecular weight is 260 g/mol. The van der Waals surface area contributed by atoms with Gasteiger partial charge < -0.3 is 9.88 Å². The van der Waals surface area contributed by atoms with E-state index in [4.69, 9.17) is 0 Å². The van der Waals surface area contributed by atoms with E-state index >= 15 is 0 Å². The van der Waals surface area contributed by atoms with Crippen LogP contribution in [0, 0.1) is 19.7 Å². The first-order valence-electron chi connectivity index (χ1n) is 6.15. The Morgan fingerprint density at radius 2 is 2.00 bits per heavy atom. The Morgan fingerprint density at radius 1 is 1.32 bits per heavy atom. The molecular formula is C15H17FN2O. The van der Waals surface area contributed by atoms with Crippen molar-refractivity contribution in [1.29, 1.82) is 0 Å². The first-order valence-corrected chi connectivity index (χ1v) is 6.15. The van der Waals surface area contributed by atoms with Gasteiger partial charge in [-0.1, -0.05) is 12.1 Å². The summed E-state index contributed by atoms with van der Waals surface area (Å²) in [4.78, 5) is 11.9. The minimum absolute atomic E-state index is 0.209. The summed E-state index contributed by atoms with van der Waals surface area (Å²) in [6.45, 7) is 3.96. The zero-order valence-electron chi connectivity index (χ0n) is 11.3. The summed E-state index contributed by atoms with van der Waals surface area (Å²) in [5, 5.41) is 2.59. The van der Waals surface area contributed by atoms with Gasteiger partial charge in [0.1, 0.15) is 5.82 Å². The molecule has 1 amide bonds. The third-order valence-corrected chi connectivity index (χ3v) is 3.38. The van der Waals surface area contributed by atoms with Crippen LogP contribution in [-0.2, 0) is 18.3 Å². The highest BCUT2D eigenvalue weighted by Crippen LogP contribution is 2.16. The summed E-state index contributed by atoms with van der Waals surface area (Å²) >= 11 is 0. The minimum atomic E-state index is -0.420. The number of rotatable bonds is 3. The molecule has 2 aromatic rings. The Hall–Kier alpha value is -2.10. The maximum atomic E-state index is 13.4. The molecule has 0 fully saturated rings. The van der Waals surface area contributed by atoms with Gasteiger partial charge in [0.25, 0.3) is 0 Å². The quantitative estimate of drug-likeness (QED) is 0.904. The van der Waals surface area contributed by atoms with Crippen molar-refractivity contribution in [3.05, 3.63) is 53.1 Å². The van der Waals surface area contributed by atoms with Crippen LogP contribution in [0.5, 0.6) is 0 Å². The number of aromatic nitrogens is 1. The highest BCUT2D eigenvalue weighted by molar-refractivity contribution is 5.92. The fourth-order valence-corrected chi connectivity index (χ4v) is 2.04. The Kier molecular flexibility index (Phi) is 3.69. The molecule has 1 aromatic heterocycles. The number of nitrogens with zero attached hydrogens (tertiary/aromatic N) is 1. The van der Waals surface area contributed by atoms with Gasteiger partial charge in [0.15, 0.2) is 0 Å². The lowest BCUT2D eigenvalue weighted by molar-refractivity contribution is -0.115. The molecule has 0 unspecified atom stereocenters. The normalized spacial score (nSPS) is 10.5. The van der Waals surface area contributed by atoms with Crippen LogP contribution in [-0.4, -0.2) is 10.5 Å². The second-order valence-electron chi connectivity index (χ2n) is 4.66. The Morgan fingerprint density at radius 3 is 2.58 bits per heavy atom. The zero-order valence-corrected chi connectivity index (χ0v) is 11.3. The molecule has 19 heavy (non-hydrogen) atoms. The maximum Gasteiger partial charge on any atom is 0.228 e. The Balaban J connectivity index is 2.10. The monoisotopic (exact) mass is 260 g/mol. The topological polar surface area (TPSA) is 34.0 Å². The highest BCUT2D eigenvalue weighted by atomic mass is 19.1. The van der Waals surface area contributed by atoms with Gasteiger partial charge in [-0.2, -0.15) is 0 Å². The molecule has 0 aliphatic heterocycles. The van der Waals surface area contributed by atoms with Gasteiger partial charge in [-0.3, -0.25) is 4.79 Å². The first kappa shape index (κ1) is 13.3. The number of aryl methyl sites for hydroxylation is 1. The molecule has 0 radical (unpaired) electrons. The lowest BCUT2D eigenvalue weighted by atomic mass is 10.1. The van der Waals surface area contributed by atoms with Crippen LogP contribution in [0.15, 0.2) is 30.3 Å². The number of halogens is 1. The van der Waals surface area contributed by atoms with Crippen LogP contribution in [0.1, 0.15) is 17.0 Å². The molecule has 100 valence electrons. The largest absolute Gasteiger partial charge is 0.352 e. The third kappa shape index (κ3) is 2.84. The molecule has 4 heteroatoms. The van der Waals surface area contributed by atoms with E-state index in [9.17, 15) is 9.18 Å². The predicted molar refractivity (Wildman–Crippen MR) is 73.6 cm³/mol. The smallest absolute Gasteiger partial charge is 0.228 e. The summed E-state index contributed by atoms with van der Waals surface area (Å²) in [6.07, 6.45) is 0.252. The zero-order chi connectivity index (χ0) is 14.0. The molecular weight excluding hydrogens is 243 g/mol. The predicted octanol–water partition coefficient (Wildman–Crippen LogP) is 2.96. The van der Waals surface area contributed by atoms with Gasteiger partial charge in [0.05, 0.1) is 12.1 Å². The second kappa shape index (κ2) is 5.26. The minimum Gasteiger partial charge on any atom is -0.352 e. The summed E-state index contributed by atoms with van der Waals surface area (Å²) in [5.41, 5.74) is 3.35. The Bertz CT molecular complexity index is 617. The van der Waals surface area contributed by atoms with Crippen LogP contribution in [0.2, 0.25) is 0 Å². The fraction of sp³-hybridized carbons (Fsp3) is 0.267. The fourth-order valence-electron chi connectivity index (χ4n) is 2.04. The van der Waals surface area contributed by atoms with Crippen molar-refractivity contribution >= 4 is 11.6 Å². The van der Waals surface area contributed by atoms with E-state index in [-0.39, 0.29) is 18.0 Å². The number of para-hydroxylation sites is 1. The molecule has 0 spiro atoms. The van der Waals surface area contributed by atoms with Gasteiger partial charge in [0, 0.05) is 18.4 Å². The second-order valence-corrected chi connectivity index (χ2v) is 4.66. The number of carbonyl (C=O) groups is 1. The molecule has 3 nitrogen and oxygen atoms in total. The van der Waals surface area contributed by atoms with Crippen LogP contribution in [0.25, 0.3) is 0 Å². The van der Waals surface area contributed by atoms with Crippen molar-refractivity contribution in [1.82, 2.24) is 4.57 Å². The van der Waals surface area contributed by atoms with E-state index in [1.54, 1.807) is 18.2 Å². The lowest BCUT2D eigenvalue weighted by Crippen LogP contribution is -2.15. The van der Waals surface area contributed by atoms with E-state index in [0.29, 0.717) is 0 Å². The number of nitrogens with one attached hydrogen (secondary N) is 1. The highest BCUT2D eigenvalue weighted by Gasteiger charge is 2.12. The van der Waals surface area contributed by atoms with Gasteiger partial charge in [-0.15, -0.1) is 0 Å². The standard InChI is InChI=1S/C15H17FN2O/c1-10-8-12(11(2)18(10)3)9-15(19)17-14-7-5-4-6-13(14)16/h4-8H,9H2,1-3H3,(H,17,19). The molecule has 0 atom stereocenters. The van der Waals surface area contributed by atoms with E-state index in [2.05, 4.69) is 5.32 Å². The summed E-state index contributed by atoms with van der Waals surface area (Å²) in [6, 6.07) is 8.15. The van der Waals surface area contributed by atoms with E-state index < -0.39 is 5.82 Å².